The molecule has 0 bridgehead atoms. The largest absolute Gasteiger partial charge is 0.386 e. The van der Waals surface area contributed by atoms with Crippen molar-refractivity contribution in [2.75, 3.05) is 0 Å². The van der Waals surface area contributed by atoms with Crippen LogP contribution in [-0.2, 0) is 5.60 Å². The van der Waals surface area contributed by atoms with E-state index in [1.54, 1.807) is 13.8 Å². The van der Waals surface area contributed by atoms with Crippen LogP contribution in [0.1, 0.15) is 19.4 Å². The van der Waals surface area contributed by atoms with Crippen molar-refractivity contribution in [1.82, 2.24) is 0 Å². The molecule has 0 aliphatic heterocycles. The molecule has 0 atom stereocenters. The van der Waals surface area contributed by atoms with Gasteiger partial charge in [-0.05, 0) is 47.5 Å². The van der Waals surface area contributed by atoms with Crippen molar-refractivity contribution in [3.63, 3.8) is 0 Å². The van der Waals surface area contributed by atoms with Crippen LogP contribution in [0.25, 0.3) is 0 Å². The van der Waals surface area contributed by atoms with Crippen LogP contribution in [0.15, 0.2) is 16.6 Å². The number of hydrogen-bond donors (Lipinski definition) is 1. The molecule has 0 heterocycles. The Hall–Kier alpha value is -0.120. The van der Waals surface area contributed by atoms with Gasteiger partial charge in [-0.1, -0.05) is 11.6 Å². The average molecular weight is 268 g/mol. The van der Waals surface area contributed by atoms with Gasteiger partial charge in [0.05, 0.1) is 15.1 Å². The third-order valence-electron chi connectivity index (χ3n) is 1.69. The maximum absolute atomic E-state index is 13.1. The molecule has 0 fully saturated rings. The first-order valence-electron chi connectivity index (χ1n) is 3.70. The van der Waals surface area contributed by atoms with Crippen molar-refractivity contribution >= 4 is 27.5 Å². The molecule has 0 saturated carbocycles. The maximum Gasteiger partial charge on any atom is 0.139 e. The minimum absolute atomic E-state index is 0.224. The van der Waals surface area contributed by atoms with E-state index in [0.717, 1.165) is 0 Å². The highest BCUT2D eigenvalue weighted by Crippen LogP contribution is 2.31. The van der Waals surface area contributed by atoms with E-state index < -0.39 is 11.4 Å². The van der Waals surface area contributed by atoms with Gasteiger partial charge in [0.1, 0.15) is 5.82 Å². The highest BCUT2D eigenvalue weighted by Gasteiger charge is 2.19. The number of hydrogen-bond acceptors (Lipinski definition) is 1. The van der Waals surface area contributed by atoms with Crippen LogP contribution in [0, 0.1) is 5.82 Å². The molecule has 1 N–H and O–H groups in total. The van der Waals surface area contributed by atoms with Gasteiger partial charge in [-0.25, -0.2) is 4.39 Å². The van der Waals surface area contributed by atoms with Crippen LogP contribution >= 0.6 is 27.5 Å². The molecule has 0 aromatic heterocycles. The first kappa shape index (κ1) is 11.0. The maximum atomic E-state index is 13.1. The highest BCUT2D eigenvalue weighted by molar-refractivity contribution is 9.10. The summed E-state index contributed by atoms with van der Waals surface area (Å²) in [4.78, 5) is 0. The molecule has 0 unspecified atom stereocenters. The fourth-order valence-electron chi connectivity index (χ4n) is 0.909. The minimum Gasteiger partial charge on any atom is -0.386 e. The summed E-state index contributed by atoms with van der Waals surface area (Å²) in [5, 5.41) is 9.85. The van der Waals surface area contributed by atoms with Crippen molar-refractivity contribution in [2.45, 2.75) is 19.4 Å². The third-order valence-corrected chi connectivity index (χ3v) is 3.02. The first-order chi connectivity index (χ1) is 5.82. The summed E-state index contributed by atoms with van der Waals surface area (Å²) < 4.78 is 13.4. The second kappa shape index (κ2) is 3.56. The van der Waals surface area contributed by atoms with E-state index in [-0.39, 0.29) is 9.50 Å². The monoisotopic (exact) mass is 266 g/mol. The molecule has 0 saturated heterocycles. The molecule has 0 spiro atoms. The summed E-state index contributed by atoms with van der Waals surface area (Å²) in [7, 11) is 0. The molecule has 4 heteroatoms. The quantitative estimate of drug-likeness (QED) is 0.773. The Bertz CT molecular complexity index is 310. The molecule has 1 rings (SSSR count). The van der Waals surface area contributed by atoms with Gasteiger partial charge >= 0.3 is 0 Å². The summed E-state index contributed by atoms with van der Waals surface area (Å²) in [5.74, 6) is -0.468. The lowest BCUT2D eigenvalue weighted by Gasteiger charge is -2.18. The zero-order valence-corrected chi connectivity index (χ0v) is 9.58. The summed E-state index contributed by atoms with van der Waals surface area (Å²) in [6.45, 7) is 3.15. The van der Waals surface area contributed by atoms with Gasteiger partial charge in [0.25, 0.3) is 0 Å². The average Bonchev–Trinajstić information content (AvgIpc) is 1.97. The van der Waals surface area contributed by atoms with E-state index in [2.05, 4.69) is 15.9 Å². The molecule has 1 nitrogen and oxygen atoms in total. The Morgan fingerprint density at radius 1 is 1.46 bits per heavy atom. The van der Waals surface area contributed by atoms with Gasteiger partial charge in [0, 0.05) is 0 Å². The zero-order chi connectivity index (χ0) is 10.2. The van der Waals surface area contributed by atoms with E-state index in [9.17, 15) is 9.50 Å². The molecular formula is C9H9BrClFO. The van der Waals surface area contributed by atoms with E-state index >= 15 is 0 Å². The van der Waals surface area contributed by atoms with Crippen LogP contribution in [0.2, 0.25) is 5.02 Å². The van der Waals surface area contributed by atoms with Gasteiger partial charge < -0.3 is 5.11 Å². The fourth-order valence-corrected chi connectivity index (χ4v) is 1.35. The molecular weight excluding hydrogens is 258 g/mol. The third kappa shape index (κ3) is 2.42. The summed E-state index contributed by atoms with van der Waals surface area (Å²) in [5.41, 5.74) is -0.622. The Morgan fingerprint density at radius 2 is 2.00 bits per heavy atom. The molecule has 0 aliphatic rings. The highest BCUT2D eigenvalue weighted by atomic mass is 79.9. The Morgan fingerprint density at radius 3 is 2.38 bits per heavy atom. The van der Waals surface area contributed by atoms with Crippen molar-refractivity contribution in [3.05, 3.63) is 33.0 Å². The van der Waals surface area contributed by atoms with Gasteiger partial charge in [-0.3, -0.25) is 0 Å². The summed E-state index contributed by atoms with van der Waals surface area (Å²) >= 11 is 8.72. The lowest BCUT2D eigenvalue weighted by Crippen LogP contribution is -2.15. The van der Waals surface area contributed by atoms with E-state index in [0.29, 0.717) is 5.56 Å². The second-order valence-electron chi connectivity index (χ2n) is 3.31. The fraction of sp³-hybridized carbons (Fsp3) is 0.333. The standard InChI is InChI=1S/C9H9BrClFO/c1-9(2,13)5-3-6(11)8(10)7(12)4-5/h3-4,13H,1-2H3. The lowest BCUT2D eigenvalue weighted by atomic mass is 9.99. The van der Waals surface area contributed by atoms with Crippen molar-refractivity contribution in [1.29, 1.82) is 0 Å². The SMILES string of the molecule is CC(C)(O)c1cc(F)c(Br)c(Cl)c1. The van der Waals surface area contributed by atoms with Crippen molar-refractivity contribution in [3.8, 4) is 0 Å². The lowest BCUT2D eigenvalue weighted by molar-refractivity contribution is 0.0782. The summed E-state index contributed by atoms with van der Waals surface area (Å²) in [6, 6.07) is 2.80. The van der Waals surface area contributed by atoms with Crippen molar-refractivity contribution in [2.24, 2.45) is 0 Å². The molecule has 1 aromatic carbocycles. The molecule has 0 aliphatic carbocycles. The van der Waals surface area contributed by atoms with Gasteiger partial charge in [0.2, 0.25) is 0 Å². The molecule has 1 aromatic rings. The smallest absolute Gasteiger partial charge is 0.139 e. The Labute approximate surface area is 89.7 Å². The molecule has 0 radical (unpaired) electrons. The summed E-state index contributed by atoms with van der Waals surface area (Å²) in [6.07, 6.45) is 0. The van der Waals surface area contributed by atoms with E-state index in [1.165, 1.54) is 12.1 Å². The topological polar surface area (TPSA) is 20.2 Å². The van der Waals surface area contributed by atoms with E-state index in [4.69, 9.17) is 11.6 Å². The number of aliphatic hydroxyl groups is 1. The van der Waals surface area contributed by atoms with Crippen LogP contribution in [0.5, 0.6) is 0 Å². The van der Waals surface area contributed by atoms with Crippen molar-refractivity contribution < 1.29 is 9.50 Å². The normalized spacial score (nSPS) is 11.8. The zero-order valence-electron chi connectivity index (χ0n) is 7.24. The minimum atomic E-state index is -1.08. The van der Waals surface area contributed by atoms with Gasteiger partial charge in [-0.2, -0.15) is 0 Å². The molecule has 13 heavy (non-hydrogen) atoms. The first-order valence-corrected chi connectivity index (χ1v) is 4.87. The van der Waals surface area contributed by atoms with Crippen LogP contribution in [0.3, 0.4) is 0 Å². The Kier molecular flexibility index (Phi) is 3.00. The predicted molar refractivity (Wildman–Crippen MR) is 54.4 cm³/mol. The van der Waals surface area contributed by atoms with E-state index in [1.807, 2.05) is 0 Å². The molecule has 72 valence electrons. The van der Waals surface area contributed by atoms with Crippen LogP contribution in [-0.4, -0.2) is 5.11 Å². The number of rotatable bonds is 1. The van der Waals surface area contributed by atoms with Gasteiger partial charge in [0.15, 0.2) is 0 Å². The van der Waals surface area contributed by atoms with Gasteiger partial charge in [-0.15, -0.1) is 0 Å². The van der Waals surface area contributed by atoms with Crippen LogP contribution < -0.4 is 0 Å². The molecule has 0 amide bonds. The predicted octanol–water partition coefficient (Wildman–Crippen LogP) is 3.47. The Balaban J connectivity index is 3.29. The van der Waals surface area contributed by atoms with Crippen LogP contribution in [0.4, 0.5) is 4.39 Å². The number of benzene rings is 1. The second-order valence-corrected chi connectivity index (χ2v) is 4.51. The number of halogens is 3.